The molecule has 1 amide bonds. The second kappa shape index (κ2) is 7.58. The average Bonchev–Trinajstić information content (AvgIpc) is 3.19. The monoisotopic (exact) mass is 372 g/mol. The molecule has 0 aliphatic heterocycles. The van der Waals surface area contributed by atoms with Gasteiger partial charge >= 0.3 is 0 Å². The number of pyridine rings is 1. The first kappa shape index (κ1) is 17.3. The van der Waals surface area contributed by atoms with Gasteiger partial charge in [-0.25, -0.2) is 8.42 Å². The topological polar surface area (TPSA) is 76.1 Å². The van der Waals surface area contributed by atoms with E-state index < -0.39 is 15.1 Å². The number of sulfone groups is 1. The zero-order valence-corrected chi connectivity index (χ0v) is 14.8. The van der Waals surface area contributed by atoms with Crippen LogP contribution in [0.3, 0.4) is 0 Å². The lowest BCUT2D eigenvalue weighted by Gasteiger charge is -2.17. The Labute approximate surface area is 150 Å². The van der Waals surface area contributed by atoms with Crippen LogP contribution in [0.1, 0.15) is 21.2 Å². The van der Waals surface area contributed by atoms with Crippen molar-refractivity contribution in [1.82, 2.24) is 10.3 Å². The number of carbonyl (C=O) groups is 1. The van der Waals surface area contributed by atoms with Crippen LogP contribution in [-0.4, -0.2) is 25.9 Å². The van der Waals surface area contributed by atoms with E-state index in [1.165, 1.54) is 6.20 Å². The Hall–Kier alpha value is -2.51. The lowest BCUT2D eigenvalue weighted by Crippen LogP contribution is -2.31. The highest BCUT2D eigenvalue weighted by Crippen LogP contribution is 2.30. The van der Waals surface area contributed by atoms with Crippen molar-refractivity contribution in [2.45, 2.75) is 9.46 Å². The number of hydrogen-bond acceptors (Lipinski definition) is 5. The highest BCUT2D eigenvalue weighted by atomic mass is 32.2. The van der Waals surface area contributed by atoms with Crippen LogP contribution in [-0.2, 0) is 9.84 Å². The fourth-order valence-electron chi connectivity index (χ4n) is 2.42. The van der Waals surface area contributed by atoms with E-state index in [0.717, 1.165) is 11.3 Å². The molecule has 25 heavy (non-hydrogen) atoms. The van der Waals surface area contributed by atoms with Gasteiger partial charge in [-0.1, -0.05) is 30.3 Å². The second-order valence-corrected chi connectivity index (χ2v) is 8.63. The van der Waals surface area contributed by atoms with Gasteiger partial charge in [0, 0.05) is 24.5 Å². The molecular formula is C18H16N2O3S2. The molecule has 0 radical (unpaired) electrons. The SMILES string of the molecule is O=C(NCC(c1cccnc1)S(=O)(=O)c1cccs1)c1ccccc1. The lowest BCUT2D eigenvalue weighted by molar-refractivity contribution is 0.0953. The van der Waals surface area contributed by atoms with Crippen LogP contribution in [0.25, 0.3) is 0 Å². The zero-order chi connectivity index (χ0) is 17.7. The van der Waals surface area contributed by atoms with Gasteiger partial charge in [0.1, 0.15) is 9.46 Å². The third-order valence-electron chi connectivity index (χ3n) is 3.69. The van der Waals surface area contributed by atoms with E-state index in [4.69, 9.17) is 0 Å². The number of amides is 1. The minimum atomic E-state index is -3.62. The maximum absolute atomic E-state index is 13.0. The average molecular weight is 372 g/mol. The number of rotatable bonds is 6. The maximum Gasteiger partial charge on any atom is 0.251 e. The van der Waals surface area contributed by atoms with Crippen molar-refractivity contribution in [3.05, 3.63) is 83.5 Å². The first-order valence-electron chi connectivity index (χ1n) is 7.59. The van der Waals surface area contributed by atoms with Crippen LogP contribution >= 0.6 is 11.3 Å². The summed E-state index contributed by atoms with van der Waals surface area (Å²) in [7, 11) is -3.62. The summed E-state index contributed by atoms with van der Waals surface area (Å²) in [5, 5.41) is 3.55. The van der Waals surface area contributed by atoms with Gasteiger partial charge < -0.3 is 5.32 Å². The number of nitrogens with zero attached hydrogens (tertiary/aromatic N) is 1. The molecule has 0 spiro atoms. The van der Waals surface area contributed by atoms with Crippen molar-refractivity contribution in [3.8, 4) is 0 Å². The predicted molar refractivity (Wildman–Crippen MR) is 97.3 cm³/mol. The number of aromatic nitrogens is 1. The molecule has 0 aliphatic carbocycles. The third-order valence-corrected chi connectivity index (χ3v) is 7.22. The van der Waals surface area contributed by atoms with Gasteiger partial charge in [-0.2, -0.15) is 0 Å². The molecule has 2 heterocycles. The quantitative estimate of drug-likeness (QED) is 0.721. The molecule has 1 N–H and O–H groups in total. The fraction of sp³-hybridized carbons (Fsp3) is 0.111. The van der Waals surface area contributed by atoms with Crippen molar-refractivity contribution in [3.63, 3.8) is 0 Å². The minimum absolute atomic E-state index is 0.0281. The Balaban J connectivity index is 1.87. The molecule has 3 aromatic rings. The first-order valence-corrected chi connectivity index (χ1v) is 10.0. The van der Waals surface area contributed by atoms with Gasteiger partial charge in [0.15, 0.2) is 9.84 Å². The summed E-state index contributed by atoms with van der Waals surface area (Å²) in [5.74, 6) is -0.309. The van der Waals surface area contributed by atoms with Crippen LogP contribution in [0.4, 0.5) is 0 Å². The molecule has 128 valence electrons. The second-order valence-electron chi connectivity index (χ2n) is 5.33. The molecular weight excluding hydrogens is 356 g/mol. The van der Waals surface area contributed by atoms with E-state index in [1.54, 1.807) is 60.1 Å². The normalized spacial score (nSPS) is 12.5. The van der Waals surface area contributed by atoms with Gasteiger partial charge in [-0.05, 0) is 35.2 Å². The Bertz CT molecular complexity index is 925. The minimum Gasteiger partial charge on any atom is -0.350 e. The van der Waals surface area contributed by atoms with Crippen LogP contribution in [0.5, 0.6) is 0 Å². The van der Waals surface area contributed by atoms with Crippen molar-refractivity contribution in [2.24, 2.45) is 0 Å². The summed E-state index contributed by atoms with van der Waals surface area (Å²) in [6, 6.07) is 15.4. The van der Waals surface area contributed by atoms with Crippen LogP contribution in [0, 0.1) is 0 Å². The smallest absolute Gasteiger partial charge is 0.251 e. The molecule has 1 unspecified atom stereocenters. The molecule has 0 bridgehead atoms. The lowest BCUT2D eigenvalue weighted by atomic mass is 10.2. The number of hydrogen-bond donors (Lipinski definition) is 1. The van der Waals surface area contributed by atoms with E-state index in [2.05, 4.69) is 10.3 Å². The number of nitrogens with one attached hydrogen (secondary N) is 1. The van der Waals surface area contributed by atoms with E-state index in [9.17, 15) is 13.2 Å². The van der Waals surface area contributed by atoms with Gasteiger partial charge in [0.2, 0.25) is 0 Å². The molecule has 0 fully saturated rings. The largest absolute Gasteiger partial charge is 0.350 e. The van der Waals surface area contributed by atoms with Crippen LogP contribution < -0.4 is 5.32 Å². The number of thiophene rings is 1. The highest BCUT2D eigenvalue weighted by molar-refractivity contribution is 7.93. The van der Waals surface area contributed by atoms with E-state index in [0.29, 0.717) is 11.1 Å². The van der Waals surface area contributed by atoms with Gasteiger partial charge in [-0.15, -0.1) is 11.3 Å². The Morgan fingerprint density at radius 3 is 2.52 bits per heavy atom. The molecule has 0 saturated carbocycles. The number of benzene rings is 1. The van der Waals surface area contributed by atoms with Gasteiger partial charge in [0.05, 0.1) is 0 Å². The molecule has 1 atom stereocenters. The van der Waals surface area contributed by atoms with E-state index in [-0.39, 0.29) is 16.7 Å². The maximum atomic E-state index is 13.0. The van der Waals surface area contributed by atoms with Gasteiger partial charge in [0.25, 0.3) is 5.91 Å². The highest BCUT2D eigenvalue weighted by Gasteiger charge is 2.30. The molecule has 5 nitrogen and oxygen atoms in total. The first-order chi connectivity index (χ1) is 12.1. The van der Waals surface area contributed by atoms with Gasteiger partial charge in [-0.3, -0.25) is 9.78 Å². The van der Waals surface area contributed by atoms with Crippen molar-refractivity contribution in [2.75, 3.05) is 6.54 Å². The van der Waals surface area contributed by atoms with Crippen LogP contribution in [0.15, 0.2) is 76.6 Å². The summed E-state index contributed by atoms with van der Waals surface area (Å²) in [6.45, 7) is -0.0281. The molecule has 1 aromatic carbocycles. The molecule has 3 rings (SSSR count). The van der Waals surface area contributed by atoms with Crippen molar-refractivity contribution in [1.29, 1.82) is 0 Å². The summed E-state index contributed by atoms with van der Waals surface area (Å²) >= 11 is 1.16. The van der Waals surface area contributed by atoms with E-state index in [1.807, 2.05) is 6.07 Å². The molecule has 0 aliphatic rings. The fourth-order valence-corrected chi connectivity index (χ4v) is 5.26. The molecule has 7 heteroatoms. The zero-order valence-electron chi connectivity index (χ0n) is 13.2. The number of carbonyl (C=O) groups excluding carboxylic acids is 1. The summed E-state index contributed by atoms with van der Waals surface area (Å²) in [4.78, 5) is 16.3. The Morgan fingerprint density at radius 2 is 1.88 bits per heavy atom. The third kappa shape index (κ3) is 3.94. The standard InChI is InChI=1S/C18H16N2O3S2/c21-18(14-6-2-1-3-7-14)20-13-16(15-8-4-10-19-12-15)25(22,23)17-9-5-11-24-17/h1-12,16H,13H2,(H,20,21). The Kier molecular flexibility index (Phi) is 5.25. The molecule has 0 saturated heterocycles. The summed E-state index contributed by atoms with van der Waals surface area (Å²) < 4.78 is 26.2. The van der Waals surface area contributed by atoms with E-state index >= 15 is 0 Å². The van der Waals surface area contributed by atoms with Crippen molar-refractivity contribution >= 4 is 27.1 Å². The molecule has 2 aromatic heterocycles. The Morgan fingerprint density at radius 1 is 1.08 bits per heavy atom. The van der Waals surface area contributed by atoms with Crippen LogP contribution in [0.2, 0.25) is 0 Å². The summed E-state index contributed by atoms with van der Waals surface area (Å²) in [6.07, 6.45) is 3.10. The summed E-state index contributed by atoms with van der Waals surface area (Å²) in [5.41, 5.74) is 1.03. The predicted octanol–water partition coefficient (Wildman–Crippen LogP) is 3.09. The van der Waals surface area contributed by atoms with Crippen molar-refractivity contribution < 1.29 is 13.2 Å².